The molecule has 0 unspecified atom stereocenters. The highest BCUT2D eigenvalue weighted by Crippen LogP contribution is 2.35. The van der Waals surface area contributed by atoms with E-state index < -0.39 is 11.2 Å². The second-order valence-corrected chi connectivity index (χ2v) is 18.2. The van der Waals surface area contributed by atoms with Gasteiger partial charge in [-0.05, 0) is 143 Å². The summed E-state index contributed by atoms with van der Waals surface area (Å²) in [6.45, 7) is 22.5. The lowest BCUT2D eigenvalue weighted by Crippen LogP contribution is -2.46. The Morgan fingerprint density at radius 3 is 1.35 bits per heavy atom. The van der Waals surface area contributed by atoms with Gasteiger partial charge in [0.15, 0.2) is 10.2 Å². The van der Waals surface area contributed by atoms with Gasteiger partial charge in [0.25, 0.3) is 0 Å². The summed E-state index contributed by atoms with van der Waals surface area (Å²) in [5.74, 6) is 3.15. The smallest absolute Gasteiger partial charge is 0.410 e. The lowest BCUT2D eigenvalue weighted by atomic mass is 9.79. The summed E-state index contributed by atoms with van der Waals surface area (Å²) in [7, 11) is 0. The van der Waals surface area contributed by atoms with Crippen molar-refractivity contribution in [1.29, 1.82) is 0 Å². The molecule has 4 aliphatic heterocycles. The van der Waals surface area contributed by atoms with Crippen molar-refractivity contribution in [3.8, 4) is 0 Å². The quantitative estimate of drug-likeness (QED) is 0.240. The number of amides is 2. The molecule has 0 aromatic carbocycles. The number of likely N-dealkylation sites (tertiary alicyclic amines) is 3. The van der Waals surface area contributed by atoms with E-state index in [1.165, 1.54) is 24.9 Å². The van der Waals surface area contributed by atoms with Crippen LogP contribution in [-0.4, -0.2) is 112 Å². The minimum atomic E-state index is -0.415. The number of anilines is 1. The number of nitrogens with two attached hydrogens (primary N) is 1. The van der Waals surface area contributed by atoms with Crippen LogP contribution in [0.2, 0.25) is 0 Å². The normalized spacial score (nSPS) is 19.9. The Morgan fingerprint density at radius 2 is 1.08 bits per heavy atom. The lowest BCUT2D eigenvalue weighted by molar-refractivity contribution is -0.114. The van der Waals surface area contributed by atoms with Gasteiger partial charge in [0.05, 0.1) is 11.6 Å². The number of hydrogen-bond donors (Lipinski definition) is 1. The first-order valence-corrected chi connectivity index (χ1v) is 20.9. The fraction of sp³-hybridized carbons (Fsp3) is 0.816. The summed E-state index contributed by atoms with van der Waals surface area (Å²) in [5, 5.41) is 3.84. The first-order chi connectivity index (χ1) is 24.3. The van der Waals surface area contributed by atoms with E-state index in [2.05, 4.69) is 27.1 Å². The summed E-state index contributed by atoms with van der Waals surface area (Å²) in [4.78, 5) is 46.8. The molecule has 0 radical (unpaired) electrons. The number of ether oxygens (including phenoxy) is 2. The van der Waals surface area contributed by atoms with Crippen LogP contribution in [-0.2, 0) is 14.3 Å². The minimum absolute atomic E-state index is 0.0201. The van der Waals surface area contributed by atoms with Crippen molar-refractivity contribution < 1.29 is 23.9 Å². The Balaban J connectivity index is 0.000000250. The maximum Gasteiger partial charge on any atom is 0.410 e. The molecule has 4 saturated heterocycles. The monoisotopic (exact) mass is 784 g/mol. The second kappa shape index (κ2) is 20.3. The molecular weight excluding hydrogens is 720 g/mol. The van der Waals surface area contributed by atoms with Crippen LogP contribution in [0, 0.1) is 30.6 Å². The molecule has 1 aromatic heterocycles. The highest BCUT2D eigenvalue weighted by molar-refractivity contribution is 7.80. The number of ketones is 1. The van der Waals surface area contributed by atoms with Crippen LogP contribution >= 0.6 is 35.2 Å². The van der Waals surface area contributed by atoms with Crippen LogP contribution < -0.4 is 10.6 Å². The number of aromatic nitrogens is 1. The fourth-order valence-corrected chi connectivity index (χ4v) is 8.44. The van der Waals surface area contributed by atoms with Gasteiger partial charge in [0, 0.05) is 57.7 Å². The number of carbonyl (C=O) groups excluding carboxylic acids is 3. The van der Waals surface area contributed by atoms with Crippen LogP contribution in [0.1, 0.15) is 106 Å². The second-order valence-electron chi connectivity index (χ2n) is 16.7. The molecule has 4 fully saturated rings. The van der Waals surface area contributed by atoms with Gasteiger partial charge >= 0.3 is 12.2 Å². The van der Waals surface area contributed by atoms with Crippen molar-refractivity contribution in [2.24, 2.45) is 29.4 Å². The first kappa shape index (κ1) is 44.0. The van der Waals surface area contributed by atoms with E-state index in [0.29, 0.717) is 11.0 Å². The van der Waals surface area contributed by atoms with Gasteiger partial charge in [-0.1, -0.05) is 0 Å². The number of carbonyl (C=O) groups is 3. The van der Waals surface area contributed by atoms with Crippen LogP contribution in [0.4, 0.5) is 14.7 Å². The third kappa shape index (κ3) is 15.2. The van der Waals surface area contributed by atoms with Crippen LogP contribution in [0.25, 0.3) is 0 Å². The number of piperidine rings is 4. The third-order valence-corrected chi connectivity index (χ3v) is 11.8. The average Bonchev–Trinajstić information content (AvgIpc) is 3.53. The van der Waals surface area contributed by atoms with E-state index in [1.807, 2.05) is 51.3 Å². The molecule has 2 amide bonds. The zero-order valence-corrected chi connectivity index (χ0v) is 35.3. The average molecular weight is 786 g/mol. The van der Waals surface area contributed by atoms with Crippen molar-refractivity contribution in [3.05, 3.63) is 11.1 Å². The maximum atomic E-state index is 12.2. The Labute approximate surface area is 327 Å². The van der Waals surface area contributed by atoms with Gasteiger partial charge in [0.1, 0.15) is 17.0 Å². The maximum absolute atomic E-state index is 12.2. The number of nitrogens with zero attached hydrogens (tertiary/aromatic N) is 5. The molecule has 0 spiro atoms. The third-order valence-electron chi connectivity index (χ3n) is 10.2. The predicted octanol–water partition coefficient (Wildman–Crippen LogP) is 7.72. The van der Waals surface area contributed by atoms with Gasteiger partial charge in [-0.3, -0.25) is 4.79 Å². The van der Waals surface area contributed by atoms with Gasteiger partial charge < -0.3 is 34.8 Å². The van der Waals surface area contributed by atoms with E-state index in [9.17, 15) is 14.4 Å². The van der Waals surface area contributed by atoms with Crippen molar-refractivity contribution in [2.45, 2.75) is 118 Å². The first-order valence-electron chi connectivity index (χ1n) is 19.1. The highest BCUT2D eigenvalue weighted by Gasteiger charge is 2.34. The standard InChI is InChI=1S/C19H31N3O2S.C16H29N3O2S.C3H5ClO/c1-14-13-25-17(20-14)21-9-5-15(6-10-21)16-7-11-22(12-8-16)18(23)24-19(2,3)4;1-16(2,3)21-15(20)19-10-6-13(7-11-19)12-4-8-18(9-5-12)14(17)22;1-3(5)2-4/h13,15-16H,5-12H2,1-4H3;12-13H,4-11H2,1-3H3,(H2,17,22);2H2,1H3. The molecule has 5 heterocycles. The zero-order chi connectivity index (χ0) is 38.6. The minimum Gasteiger partial charge on any atom is -0.444 e. The summed E-state index contributed by atoms with van der Waals surface area (Å²) in [6.07, 6.45) is 8.87. The molecule has 52 heavy (non-hydrogen) atoms. The molecule has 0 aliphatic carbocycles. The highest BCUT2D eigenvalue weighted by atomic mass is 35.5. The predicted molar refractivity (Wildman–Crippen MR) is 215 cm³/mol. The van der Waals surface area contributed by atoms with E-state index in [4.69, 9.17) is 39.0 Å². The number of rotatable bonds is 4. The molecule has 0 saturated carbocycles. The van der Waals surface area contributed by atoms with Gasteiger partial charge in [-0.2, -0.15) is 0 Å². The number of aryl methyl sites for hydroxylation is 1. The van der Waals surface area contributed by atoms with Crippen LogP contribution in [0.3, 0.4) is 0 Å². The van der Waals surface area contributed by atoms with E-state index in [1.54, 1.807) is 11.3 Å². The molecule has 11 nitrogen and oxygen atoms in total. The summed E-state index contributed by atoms with van der Waals surface area (Å²) in [6, 6.07) is 0. The van der Waals surface area contributed by atoms with Gasteiger partial charge in [-0.25, -0.2) is 14.6 Å². The number of Topliss-reactive ketones (excluding diaryl/α,β-unsaturated/α-hetero) is 1. The van der Waals surface area contributed by atoms with Crippen LogP contribution in [0.5, 0.6) is 0 Å². The molecule has 0 atom stereocenters. The zero-order valence-electron chi connectivity index (χ0n) is 33.0. The molecule has 1 aromatic rings. The number of thiazole rings is 1. The molecule has 0 bridgehead atoms. The lowest BCUT2D eigenvalue weighted by Gasteiger charge is -2.40. The summed E-state index contributed by atoms with van der Waals surface area (Å²) < 4.78 is 10.9. The number of hydrogen-bond acceptors (Lipinski definition) is 9. The van der Waals surface area contributed by atoms with Gasteiger partial charge in [-0.15, -0.1) is 22.9 Å². The number of thiocarbonyl (C=S) groups is 1. The summed E-state index contributed by atoms with van der Waals surface area (Å²) in [5.41, 5.74) is 5.99. The van der Waals surface area contributed by atoms with E-state index in [-0.39, 0.29) is 23.8 Å². The Morgan fingerprint density at radius 1 is 0.750 bits per heavy atom. The molecular formula is C38H65ClN6O5S2. The Hall–Kier alpha value is -2.38. The number of alkyl halides is 1. The van der Waals surface area contributed by atoms with E-state index in [0.717, 1.165) is 114 Å². The molecule has 296 valence electrons. The SMILES string of the molecule is CC(=O)CCl.CC(C)(C)OC(=O)N1CCC(C2CCN(C(N)=S)CC2)CC1.Cc1csc(N2CCC(C3CCN(C(=O)OC(C)(C)C)CC3)CC2)n1. The van der Waals surface area contributed by atoms with Gasteiger partial charge in [0.2, 0.25) is 0 Å². The van der Waals surface area contributed by atoms with Crippen molar-refractivity contribution in [2.75, 3.05) is 63.1 Å². The number of halogens is 1. The summed E-state index contributed by atoms with van der Waals surface area (Å²) >= 11 is 11.8. The van der Waals surface area contributed by atoms with Crippen molar-refractivity contribution in [1.82, 2.24) is 19.7 Å². The fourth-order valence-electron chi connectivity index (χ4n) is 7.40. The van der Waals surface area contributed by atoms with Crippen LogP contribution in [0.15, 0.2) is 5.38 Å². The molecule has 5 rings (SSSR count). The molecule has 2 N–H and O–H groups in total. The van der Waals surface area contributed by atoms with Crippen molar-refractivity contribution >= 4 is 63.4 Å². The Kier molecular flexibility index (Phi) is 17.2. The topological polar surface area (TPSA) is 122 Å². The Bertz CT molecular complexity index is 1290. The molecule has 4 aliphatic rings. The molecule has 14 heteroatoms. The van der Waals surface area contributed by atoms with Crippen molar-refractivity contribution in [3.63, 3.8) is 0 Å². The van der Waals surface area contributed by atoms with E-state index >= 15 is 0 Å². The largest absolute Gasteiger partial charge is 0.444 e.